The molecule has 0 fully saturated rings. The number of rotatable bonds is 6. The van der Waals surface area contributed by atoms with E-state index in [1.54, 1.807) is 24.3 Å². The molecule has 1 N–H and O–H groups in total. The van der Waals surface area contributed by atoms with Crippen LogP contribution in [-0.2, 0) is 4.74 Å². The van der Waals surface area contributed by atoms with Gasteiger partial charge in [0.25, 0.3) is 0 Å². The number of nitrogens with zero attached hydrogens (tertiary/aromatic N) is 1. The first-order valence-corrected chi connectivity index (χ1v) is 6.45. The predicted octanol–water partition coefficient (Wildman–Crippen LogP) is 3.23. The molecule has 0 atom stereocenters. The molecule has 18 heavy (non-hydrogen) atoms. The lowest BCUT2D eigenvalue weighted by Gasteiger charge is -2.17. The average molecular weight is 271 g/mol. The van der Waals surface area contributed by atoms with Crippen LogP contribution in [-0.4, -0.2) is 37.2 Å². The van der Waals surface area contributed by atoms with Crippen molar-refractivity contribution in [3.05, 3.63) is 29.3 Å². The molecule has 0 saturated heterocycles. The summed E-state index contributed by atoms with van der Waals surface area (Å²) in [5.74, 6) is 0. The van der Waals surface area contributed by atoms with Gasteiger partial charge in [0.15, 0.2) is 0 Å². The molecule has 1 aromatic rings. The minimum atomic E-state index is -0.477. The monoisotopic (exact) mass is 270 g/mol. The summed E-state index contributed by atoms with van der Waals surface area (Å²) in [6.07, 6.45) is -0.477. The van der Waals surface area contributed by atoms with E-state index >= 15 is 0 Å². The molecule has 4 nitrogen and oxygen atoms in total. The molecule has 0 aliphatic carbocycles. The highest BCUT2D eigenvalue weighted by molar-refractivity contribution is 6.33. The Hall–Kier alpha value is -1.26. The highest BCUT2D eigenvalue weighted by atomic mass is 35.5. The summed E-state index contributed by atoms with van der Waals surface area (Å²) in [5, 5.41) is 3.11. The van der Waals surface area contributed by atoms with Crippen molar-refractivity contribution in [1.29, 1.82) is 0 Å². The fourth-order valence-electron chi connectivity index (χ4n) is 1.52. The van der Waals surface area contributed by atoms with E-state index in [2.05, 4.69) is 24.1 Å². The Morgan fingerprint density at radius 1 is 1.33 bits per heavy atom. The van der Waals surface area contributed by atoms with E-state index in [-0.39, 0.29) is 0 Å². The van der Waals surface area contributed by atoms with Crippen molar-refractivity contribution in [3.8, 4) is 0 Å². The van der Waals surface area contributed by atoms with E-state index in [0.29, 0.717) is 17.3 Å². The number of carbonyl (C=O) groups excluding carboxylic acids is 1. The third-order valence-electron chi connectivity index (χ3n) is 2.65. The fraction of sp³-hybridized carbons (Fsp3) is 0.462. The first-order valence-electron chi connectivity index (χ1n) is 6.08. The van der Waals surface area contributed by atoms with E-state index < -0.39 is 6.09 Å². The molecule has 0 aromatic heterocycles. The Bertz CT molecular complexity index is 381. The summed E-state index contributed by atoms with van der Waals surface area (Å²) in [4.78, 5) is 13.7. The lowest BCUT2D eigenvalue weighted by molar-refractivity contribution is 0.142. The molecule has 1 amide bonds. The lowest BCUT2D eigenvalue weighted by atomic mass is 10.3. The number of para-hydroxylation sites is 1. The molecule has 1 rings (SSSR count). The highest BCUT2D eigenvalue weighted by Crippen LogP contribution is 2.20. The molecule has 0 radical (unpaired) electrons. The van der Waals surface area contributed by atoms with Crippen molar-refractivity contribution in [1.82, 2.24) is 4.90 Å². The molecule has 1 aromatic carbocycles. The van der Waals surface area contributed by atoms with Crippen LogP contribution in [0, 0.1) is 0 Å². The normalized spacial score (nSPS) is 10.4. The Kier molecular flexibility index (Phi) is 6.54. The minimum Gasteiger partial charge on any atom is -0.448 e. The van der Waals surface area contributed by atoms with Crippen molar-refractivity contribution in [2.45, 2.75) is 13.8 Å². The molecular formula is C13H19ClN2O2. The third kappa shape index (κ3) is 4.94. The van der Waals surface area contributed by atoms with Gasteiger partial charge in [-0.05, 0) is 25.2 Å². The first kappa shape index (κ1) is 14.8. The van der Waals surface area contributed by atoms with Gasteiger partial charge in [0, 0.05) is 6.54 Å². The van der Waals surface area contributed by atoms with Crippen LogP contribution in [0.5, 0.6) is 0 Å². The standard InChI is InChI=1S/C13H19ClN2O2/c1-3-16(4-2)9-10-18-13(17)15-12-8-6-5-7-11(12)14/h5-8H,3-4,9-10H2,1-2H3,(H,15,17). The number of hydrogen-bond acceptors (Lipinski definition) is 3. The maximum Gasteiger partial charge on any atom is 0.411 e. The Morgan fingerprint density at radius 2 is 2.00 bits per heavy atom. The van der Waals surface area contributed by atoms with Crippen LogP contribution < -0.4 is 5.32 Å². The van der Waals surface area contributed by atoms with Gasteiger partial charge in [-0.2, -0.15) is 0 Å². The van der Waals surface area contributed by atoms with Gasteiger partial charge in [-0.25, -0.2) is 4.79 Å². The van der Waals surface area contributed by atoms with Gasteiger partial charge in [0.2, 0.25) is 0 Å². The minimum absolute atomic E-state index is 0.373. The number of nitrogens with one attached hydrogen (secondary N) is 1. The number of hydrogen-bond donors (Lipinski definition) is 1. The van der Waals surface area contributed by atoms with Crippen LogP contribution in [0.3, 0.4) is 0 Å². The number of halogens is 1. The Morgan fingerprint density at radius 3 is 2.61 bits per heavy atom. The van der Waals surface area contributed by atoms with E-state index in [1.165, 1.54) is 0 Å². The van der Waals surface area contributed by atoms with Gasteiger partial charge in [-0.1, -0.05) is 37.6 Å². The summed E-state index contributed by atoms with van der Waals surface area (Å²) in [5.41, 5.74) is 0.562. The zero-order valence-corrected chi connectivity index (χ0v) is 11.5. The number of likely N-dealkylation sites (N-methyl/N-ethyl adjacent to an activating group) is 1. The molecule has 0 unspecified atom stereocenters. The van der Waals surface area contributed by atoms with E-state index in [4.69, 9.17) is 16.3 Å². The molecule has 100 valence electrons. The third-order valence-corrected chi connectivity index (χ3v) is 2.98. The smallest absolute Gasteiger partial charge is 0.411 e. The maximum atomic E-state index is 11.5. The number of benzene rings is 1. The largest absolute Gasteiger partial charge is 0.448 e. The Balaban J connectivity index is 2.32. The molecule has 0 spiro atoms. The first-order chi connectivity index (χ1) is 8.67. The van der Waals surface area contributed by atoms with Crippen molar-refractivity contribution >= 4 is 23.4 Å². The maximum absolute atomic E-state index is 11.5. The lowest BCUT2D eigenvalue weighted by Crippen LogP contribution is -2.28. The van der Waals surface area contributed by atoms with Crippen molar-refractivity contribution in [2.75, 3.05) is 31.6 Å². The number of amides is 1. The van der Waals surface area contributed by atoms with Crippen LogP contribution >= 0.6 is 11.6 Å². The SMILES string of the molecule is CCN(CC)CCOC(=O)Nc1ccccc1Cl. The molecule has 0 aliphatic heterocycles. The van der Waals surface area contributed by atoms with Crippen LogP contribution in [0.2, 0.25) is 5.02 Å². The van der Waals surface area contributed by atoms with Crippen molar-refractivity contribution in [3.63, 3.8) is 0 Å². The topological polar surface area (TPSA) is 41.6 Å². The summed E-state index contributed by atoms with van der Waals surface area (Å²) in [6.45, 7) is 7.17. The summed E-state index contributed by atoms with van der Waals surface area (Å²) in [6, 6.07) is 7.05. The van der Waals surface area contributed by atoms with Gasteiger partial charge >= 0.3 is 6.09 Å². The number of anilines is 1. The molecule has 5 heteroatoms. The zero-order valence-electron chi connectivity index (χ0n) is 10.8. The van der Waals surface area contributed by atoms with Crippen LogP contribution in [0.4, 0.5) is 10.5 Å². The van der Waals surface area contributed by atoms with Gasteiger partial charge in [0.1, 0.15) is 6.61 Å². The second kappa shape index (κ2) is 7.95. The molecule has 0 bridgehead atoms. The summed E-state index contributed by atoms with van der Waals surface area (Å²) < 4.78 is 5.08. The van der Waals surface area contributed by atoms with Gasteiger partial charge in [-0.15, -0.1) is 0 Å². The van der Waals surface area contributed by atoms with Gasteiger partial charge < -0.3 is 9.64 Å². The molecule has 0 saturated carbocycles. The van der Waals surface area contributed by atoms with E-state index in [0.717, 1.165) is 19.6 Å². The van der Waals surface area contributed by atoms with Crippen molar-refractivity contribution < 1.29 is 9.53 Å². The molecule has 0 heterocycles. The van der Waals surface area contributed by atoms with Gasteiger partial charge in [0.05, 0.1) is 10.7 Å². The van der Waals surface area contributed by atoms with Crippen LogP contribution in [0.15, 0.2) is 24.3 Å². The Labute approximate surface area is 113 Å². The average Bonchev–Trinajstić information content (AvgIpc) is 2.37. The van der Waals surface area contributed by atoms with E-state index in [1.807, 2.05) is 0 Å². The van der Waals surface area contributed by atoms with Crippen LogP contribution in [0.25, 0.3) is 0 Å². The summed E-state index contributed by atoms with van der Waals surface area (Å²) >= 11 is 5.92. The fourth-order valence-corrected chi connectivity index (χ4v) is 1.70. The second-order valence-electron chi connectivity index (χ2n) is 3.77. The quantitative estimate of drug-likeness (QED) is 0.863. The second-order valence-corrected chi connectivity index (χ2v) is 4.17. The predicted molar refractivity (Wildman–Crippen MR) is 74.2 cm³/mol. The number of carbonyl (C=O) groups is 1. The highest BCUT2D eigenvalue weighted by Gasteiger charge is 2.06. The zero-order chi connectivity index (χ0) is 13.4. The van der Waals surface area contributed by atoms with Crippen molar-refractivity contribution in [2.24, 2.45) is 0 Å². The number of ether oxygens (including phenoxy) is 1. The molecule has 0 aliphatic rings. The summed E-state index contributed by atoms with van der Waals surface area (Å²) in [7, 11) is 0. The van der Waals surface area contributed by atoms with Gasteiger partial charge in [-0.3, -0.25) is 5.32 Å². The van der Waals surface area contributed by atoms with Crippen LogP contribution in [0.1, 0.15) is 13.8 Å². The molecular weight excluding hydrogens is 252 g/mol. The van der Waals surface area contributed by atoms with E-state index in [9.17, 15) is 4.79 Å².